The van der Waals surface area contributed by atoms with Crippen LogP contribution in [-0.2, 0) is 0 Å². The first-order valence-electron chi connectivity index (χ1n) is 7.01. The number of hydrogen-bond acceptors (Lipinski definition) is 4. The van der Waals surface area contributed by atoms with Gasteiger partial charge < -0.3 is 10.6 Å². The third kappa shape index (κ3) is 3.26. The molecule has 0 saturated heterocycles. The molecule has 4 nitrogen and oxygen atoms in total. The lowest BCUT2D eigenvalue weighted by molar-refractivity contribution is 0.960. The van der Waals surface area contributed by atoms with Gasteiger partial charge in [-0.2, -0.15) is 0 Å². The van der Waals surface area contributed by atoms with Crippen molar-refractivity contribution in [2.75, 3.05) is 17.2 Å². The number of benzene rings is 1. The van der Waals surface area contributed by atoms with Crippen LogP contribution in [0.2, 0.25) is 0 Å². The van der Waals surface area contributed by atoms with E-state index in [-0.39, 0.29) is 0 Å². The number of rotatable bonds is 5. The number of aryl methyl sites for hydroxylation is 2. The van der Waals surface area contributed by atoms with Crippen molar-refractivity contribution in [1.82, 2.24) is 9.97 Å². The fourth-order valence-electron chi connectivity index (χ4n) is 2.00. The van der Waals surface area contributed by atoms with Crippen molar-refractivity contribution < 1.29 is 0 Å². The molecule has 1 aromatic carbocycles. The zero-order valence-electron chi connectivity index (χ0n) is 12.6. The van der Waals surface area contributed by atoms with Gasteiger partial charge in [0.25, 0.3) is 0 Å². The molecule has 20 heavy (non-hydrogen) atoms. The molecule has 2 N–H and O–H groups in total. The summed E-state index contributed by atoms with van der Waals surface area (Å²) in [5.74, 6) is 1.75. The Bertz CT molecular complexity index is 593. The lowest BCUT2D eigenvalue weighted by Crippen LogP contribution is -2.07. The van der Waals surface area contributed by atoms with Gasteiger partial charge in [-0.15, -0.1) is 0 Å². The van der Waals surface area contributed by atoms with Crippen LogP contribution in [0.15, 0.2) is 24.5 Å². The maximum Gasteiger partial charge on any atom is 0.138 e. The molecule has 106 valence electrons. The van der Waals surface area contributed by atoms with Crippen LogP contribution in [0, 0.1) is 20.8 Å². The molecule has 0 bridgehead atoms. The molecular weight excluding hydrogens is 248 g/mol. The van der Waals surface area contributed by atoms with Gasteiger partial charge in [-0.05, 0) is 44.4 Å². The lowest BCUT2D eigenvalue weighted by Gasteiger charge is -2.14. The van der Waals surface area contributed by atoms with Crippen molar-refractivity contribution in [3.63, 3.8) is 0 Å². The van der Waals surface area contributed by atoms with E-state index in [1.165, 1.54) is 11.1 Å². The van der Waals surface area contributed by atoms with Crippen LogP contribution in [0.25, 0.3) is 0 Å². The summed E-state index contributed by atoms with van der Waals surface area (Å²) in [5, 5.41) is 6.73. The van der Waals surface area contributed by atoms with Crippen molar-refractivity contribution >= 4 is 17.3 Å². The predicted molar refractivity (Wildman–Crippen MR) is 84.7 cm³/mol. The quantitative estimate of drug-likeness (QED) is 0.863. The Hall–Kier alpha value is -2.10. The van der Waals surface area contributed by atoms with Gasteiger partial charge in [0.1, 0.15) is 18.0 Å². The standard InChI is InChI=1S/C16H22N4/c1-5-8-17-15-13(4)16(19-10-18-15)20-14-9-11(2)6-7-12(14)3/h6-7,9-10H,5,8H2,1-4H3,(H2,17,18,19,20). The summed E-state index contributed by atoms with van der Waals surface area (Å²) >= 11 is 0. The molecule has 0 fully saturated rings. The second kappa shape index (κ2) is 6.37. The third-order valence-corrected chi connectivity index (χ3v) is 3.27. The monoisotopic (exact) mass is 270 g/mol. The summed E-state index contributed by atoms with van der Waals surface area (Å²) in [6.07, 6.45) is 2.67. The van der Waals surface area contributed by atoms with Crippen LogP contribution in [0.4, 0.5) is 17.3 Å². The van der Waals surface area contributed by atoms with E-state index in [4.69, 9.17) is 0 Å². The highest BCUT2D eigenvalue weighted by molar-refractivity contribution is 5.66. The van der Waals surface area contributed by atoms with Gasteiger partial charge in [-0.1, -0.05) is 19.1 Å². The molecule has 0 aliphatic carbocycles. The van der Waals surface area contributed by atoms with Gasteiger partial charge in [-0.3, -0.25) is 0 Å². The van der Waals surface area contributed by atoms with Gasteiger partial charge in [0.2, 0.25) is 0 Å². The van der Waals surface area contributed by atoms with Crippen LogP contribution in [0.1, 0.15) is 30.0 Å². The molecule has 0 spiro atoms. The summed E-state index contributed by atoms with van der Waals surface area (Å²) in [5.41, 5.74) is 4.57. The molecule has 2 rings (SSSR count). The van der Waals surface area contributed by atoms with Crippen molar-refractivity contribution in [1.29, 1.82) is 0 Å². The van der Waals surface area contributed by atoms with Gasteiger partial charge in [0, 0.05) is 17.8 Å². The van der Waals surface area contributed by atoms with Crippen molar-refractivity contribution in [2.45, 2.75) is 34.1 Å². The first kappa shape index (κ1) is 14.3. The SMILES string of the molecule is CCCNc1ncnc(Nc2cc(C)ccc2C)c1C. The summed E-state index contributed by atoms with van der Waals surface area (Å²) in [6.45, 7) is 9.27. The molecule has 0 atom stereocenters. The number of nitrogens with one attached hydrogen (secondary N) is 2. The lowest BCUT2D eigenvalue weighted by atomic mass is 10.1. The average molecular weight is 270 g/mol. The highest BCUT2D eigenvalue weighted by Gasteiger charge is 2.08. The highest BCUT2D eigenvalue weighted by atomic mass is 15.1. The van der Waals surface area contributed by atoms with E-state index in [9.17, 15) is 0 Å². The van der Waals surface area contributed by atoms with Gasteiger partial charge in [0.05, 0.1) is 0 Å². The number of anilines is 3. The summed E-state index contributed by atoms with van der Waals surface area (Å²) in [7, 11) is 0. The first-order chi connectivity index (χ1) is 9.61. The van der Waals surface area contributed by atoms with Crippen molar-refractivity contribution in [3.8, 4) is 0 Å². The van der Waals surface area contributed by atoms with Gasteiger partial charge >= 0.3 is 0 Å². The second-order valence-corrected chi connectivity index (χ2v) is 5.07. The Balaban J connectivity index is 2.27. The molecule has 1 aromatic heterocycles. The number of nitrogens with zero attached hydrogens (tertiary/aromatic N) is 2. The molecule has 0 aliphatic heterocycles. The minimum Gasteiger partial charge on any atom is -0.370 e. The second-order valence-electron chi connectivity index (χ2n) is 5.07. The molecule has 0 amide bonds. The van der Waals surface area contributed by atoms with Crippen molar-refractivity contribution in [3.05, 3.63) is 41.2 Å². The Morgan fingerprint density at radius 2 is 1.80 bits per heavy atom. The Labute approximate surface area is 120 Å². The fourth-order valence-corrected chi connectivity index (χ4v) is 2.00. The molecule has 1 heterocycles. The van der Waals surface area contributed by atoms with E-state index in [1.54, 1.807) is 6.33 Å². The molecule has 2 aromatic rings. The predicted octanol–water partition coefficient (Wildman–Crippen LogP) is 3.97. The van der Waals surface area contributed by atoms with E-state index >= 15 is 0 Å². The van der Waals surface area contributed by atoms with Crippen LogP contribution in [0.5, 0.6) is 0 Å². The van der Waals surface area contributed by atoms with Crippen molar-refractivity contribution in [2.24, 2.45) is 0 Å². The zero-order valence-corrected chi connectivity index (χ0v) is 12.6. The summed E-state index contributed by atoms with van der Waals surface area (Å²) in [6, 6.07) is 6.36. The largest absolute Gasteiger partial charge is 0.370 e. The summed E-state index contributed by atoms with van der Waals surface area (Å²) < 4.78 is 0. The first-order valence-corrected chi connectivity index (χ1v) is 7.01. The zero-order chi connectivity index (χ0) is 14.5. The molecule has 0 aliphatic rings. The van der Waals surface area contributed by atoms with Gasteiger partial charge in [0.15, 0.2) is 0 Å². The van der Waals surface area contributed by atoms with E-state index in [2.05, 4.69) is 59.6 Å². The number of aromatic nitrogens is 2. The summed E-state index contributed by atoms with van der Waals surface area (Å²) in [4.78, 5) is 8.65. The van der Waals surface area contributed by atoms with Crippen LogP contribution in [-0.4, -0.2) is 16.5 Å². The molecular formula is C16H22N4. The van der Waals surface area contributed by atoms with E-state index in [1.807, 2.05) is 6.92 Å². The molecule has 0 unspecified atom stereocenters. The average Bonchev–Trinajstić information content (AvgIpc) is 2.44. The Morgan fingerprint density at radius 3 is 2.55 bits per heavy atom. The fraction of sp³-hybridized carbons (Fsp3) is 0.375. The Morgan fingerprint density at radius 1 is 1.05 bits per heavy atom. The topological polar surface area (TPSA) is 49.8 Å². The minimum absolute atomic E-state index is 0.854. The molecule has 0 saturated carbocycles. The van der Waals surface area contributed by atoms with E-state index in [0.717, 1.165) is 35.9 Å². The maximum atomic E-state index is 4.35. The normalized spacial score (nSPS) is 10.4. The molecule has 0 radical (unpaired) electrons. The van der Waals surface area contributed by atoms with Crippen LogP contribution < -0.4 is 10.6 Å². The van der Waals surface area contributed by atoms with Gasteiger partial charge in [-0.25, -0.2) is 9.97 Å². The molecule has 4 heteroatoms. The Kier molecular flexibility index (Phi) is 4.56. The highest BCUT2D eigenvalue weighted by Crippen LogP contribution is 2.25. The van der Waals surface area contributed by atoms with E-state index in [0.29, 0.717) is 0 Å². The van der Waals surface area contributed by atoms with Crippen LogP contribution >= 0.6 is 0 Å². The maximum absolute atomic E-state index is 4.35. The van der Waals surface area contributed by atoms with E-state index < -0.39 is 0 Å². The third-order valence-electron chi connectivity index (χ3n) is 3.27. The number of hydrogen-bond donors (Lipinski definition) is 2. The minimum atomic E-state index is 0.854. The van der Waals surface area contributed by atoms with Crippen LogP contribution in [0.3, 0.4) is 0 Å². The smallest absolute Gasteiger partial charge is 0.138 e.